The SMILES string of the molecule is CN1CC(O)(c2cc(S(=O)(=O)NC(=O)Nc3c4c(cc5c3CCC5)CCC4)nn2C)C1. The van der Waals surface area contributed by atoms with Gasteiger partial charge in [-0.15, -0.1) is 0 Å². The van der Waals surface area contributed by atoms with Gasteiger partial charge in [-0.3, -0.25) is 9.58 Å². The summed E-state index contributed by atoms with van der Waals surface area (Å²) in [7, 11) is -0.735. The highest BCUT2D eigenvalue weighted by atomic mass is 32.2. The number of carbonyl (C=O) groups excluding carboxylic acids is 1. The van der Waals surface area contributed by atoms with E-state index < -0.39 is 21.7 Å². The Labute approximate surface area is 181 Å². The second-order valence-corrected chi connectivity index (χ2v) is 10.6. The van der Waals surface area contributed by atoms with Crippen molar-refractivity contribution in [3.05, 3.63) is 40.1 Å². The van der Waals surface area contributed by atoms with E-state index in [1.54, 1.807) is 7.05 Å². The fourth-order valence-corrected chi connectivity index (χ4v) is 6.19. The fraction of sp³-hybridized carbons (Fsp3) is 0.524. The first-order valence-corrected chi connectivity index (χ1v) is 12.1. The second-order valence-electron chi connectivity index (χ2n) is 8.99. The number of β-amino-alcohol motifs (C(OH)–C–C–N with tert-alkyl or cyclic N) is 1. The van der Waals surface area contributed by atoms with Crippen molar-refractivity contribution in [1.82, 2.24) is 19.4 Å². The number of urea groups is 1. The molecule has 31 heavy (non-hydrogen) atoms. The van der Waals surface area contributed by atoms with E-state index in [9.17, 15) is 18.3 Å². The molecule has 0 spiro atoms. The molecule has 2 amide bonds. The lowest BCUT2D eigenvalue weighted by atomic mass is 9.91. The summed E-state index contributed by atoms with van der Waals surface area (Å²) in [6.45, 7) is 0.786. The van der Waals surface area contributed by atoms with Gasteiger partial charge in [0.15, 0.2) is 5.03 Å². The minimum absolute atomic E-state index is 0.286. The highest BCUT2D eigenvalue weighted by Gasteiger charge is 2.44. The van der Waals surface area contributed by atoms with Crippen molar-refractivity contribution in [3.8, 4) is 0 Å². The Hall–Kier alpha value is -2.43. The molecule has 0 atom stereocenters. The van der Waals surface area contributed by atoms with Crippen LogP contribution in [0.1, 0.15) is 40.8 Å². The van der Waals surface area contributed by atoms with Gasteiger partial charge >= 0.3 is 6.03 Å². The summed E-state index contributed by atoms with van der Waals surface area (Å²) in [6.07, 6.45) is 5.85. The van der Waals surface area contributed by atoms with Crippen LogP contribution in [0.2, 0.25) is 0 Å². The smallest absolute Gasteiger partial charge is 0.333 e. The Balaban J connectivity index is 1.37. The van der Waals surface area contributed by atoms with E-state index in [2.05, 4.69) is 21.2 Å². The van der Waals surface area contributed by atoms with Crippen molar-refractivity contribution >= 4 is 21.7 Å². The number of carbonyl (C=O) groups is 1. The molecule has 1 aromatic carbocycles. The number of hydrogen-bond acceptors (Lipinski definition) is 6. The van der Waals surface area contributed by atoms with E-state index >= 15 is 0 Å². The molecule has 0 unspecified atom stereocenters. The topological polar surface area (TPSA) is 117 Å². The predicted molar refractivity (Wildman–Crippen MR) is 114 cm³/mol. The van der Waals surface area contributed by atoms with Gasteiger partial charge in [0.25, 0.3) is 10.0 Å². The van der Waals surface area contributed by atoms with Crippen LogP contribution in [0, 0.1) is 0 Å². The van der Waals surface area contributed by atoms with E-state index in [1.165, 1.54) is 21.9 Å². The lowest BCUT2D eigenvalue weighted by Crippen LogP contribution is -2.58. The number of aliphatic hydroxyl groups is 1. The third kappa shape index (κ3) is 3.42. The molecular formula is C21H27N5O4S. The number of nitrogens with one attached hydrogen (secondary N) is 2. The van der Waals surface area contributed by atoms with Crippen LogP contribution in [-0.2, 0) is 48.4 Å². The number of aromatic nitrogens is 2. The molecule has 2 aromatic rings. The zero-order valence-corrected chi connectivity index (χ0v) is 18.5. The van der Waals surface area contributed by atoms with Crippen LogP contribution in [0.5, 0.6) is 0 Å². The average Bonchev–Trinajstić information content (AvgIpc) is 3.38. The zero-order chi connectivity index (χ0) is 22.0. The van der Waals surface area contributed by atoms with E-state index in [0.29, 0.717) is 18.8 Å². The Morgan fingerprint density at radius 3 is 2.26 bits per heavy atom. The van der Waals surface area contributed by atoms with Gasteiger partial charge in [0.2, 0.25) is 0 Å². The van der Waals surface area contributed by atoms with Gasteiger partial charge in [-0.25, -0.2) is 9.52 Å². The number of rotatable bonds is 4. The van der Waals surface area contributed by atoms with E-state index in [0.717, 1.165) is 55.3 Å². The van der Waals surface area contributed by atoms with Gasteiger partial charge in [0, 0.05) is 31.9 Å². The summed E-state index contributed by atoms with van der Waals surface area (Å²) in [6, 6.07) is 2.80. The molecule has 0 radical (unpaired) electrons. The zero-order valence-electron chi connectivity index (χ0n) is 17.7. The molecule has 0 saturated carbocycles. The minimum atomic E-state index is -4.19. The molecule has 10 heteroatoms. The summed E-state index contributed by atoms with van der Waals surface area (Å²) in [4.78, 5) is 14.6. The van der Waals surface area contributed by atoms with Gasteiger partial charge in [0.1, 0.15) is 5.60 Å². The Bertz CT molecular complexity index is 1150. The number of amides is 2. The average molecular weight is 446 g/mol. The quantitative estimate of drug-likeness (QED) is 0.648. The number of fused-ring (bicyclic) bond motifs is 2. The maximum absolute atomic E-state index is 12.8. The molecule has 3 aliphatic rings. The van der Waals surface area contributed by atoms with Gasteiger partial charge in [-0.1, -0.05) is 6.07 Å². The highest BCUT2D eigenvalue weighted by Crippen LogP contribution is 2.38. The van der Waals surface area contributed by atoms with Gasteiger partial charge in [-0.05, 0) is 67.8 Å². The summed E-state index contributed by atoms with van der Waals surface area (Å²) in [5.41, 5.74) is 4.82. The van der Waals surface area contributed by atoms with Crippen molar-refractivity contribution in [2.45, 2.75) is 49.2 Å². The van der Waals surface area contributed by atoms with Crippen molar-refractivity contribution in [2.24, 2.45) is 7.05 Å². The van der Waals surface area contributed by atoms with Crippen molar-refractivity contribution in [3.63, 3.8) is 0 Å². The number of benzene rings is 1. The number of hydrogen-bond donors (Lipinski definition) is 3. The normalized spacial score (nSPS) is 19.6. The second kappa shape index (κ2) is 7.04. The van der Waals surface area contributed by atoms with Crippen LogP contribution in [0.3, 0.4) is 0 Å². The summed E-state index contributed by atoms with van der Waals surface area (Å²) in [5.74, 6) is 0. The summed E-state index contributed by atoms with van der Waals surface area (Å²) < 4.78 is 29.1. The number of sulfonamides is 1. The third-order valence-electron chi connectivity index (χ3n) is 6.61. The number of aryl methyl sites for hydroxylation is 3. The largest absolute Gasteiger partial charge is 0.381 e. The number of likely N-dealkylation sites (tertiary alicyclic amines) is 1. The first-order chi connectivity index (χ1) is 14.7. The standard InChI is InChI=1S/C21H27N5O4S/c1-25-11-21(28,12-25)17-10-18(23-26(17)2)31(29,30)24-20(27)22-19-15-7-3-5-13(15)9-14-6-4-8-16(14)19/h9-10,28H,3-8,11-12H2,1-2H3,(H2,22,24,27). The van der Waals surface area contributed by atoms with Crippen LogP contribution < -0.4 is 10.0 Å². The molecular weight excluding hydrogens is 418 g/mol. The van der Waals surface area contributed by atoms with E-state index in [-0.39, 0.29) is 5.03 Å². The fourth-order valence-electron chi connectivity index (χ4n) is 5.30. The van der Waals surface area contributed by atoms with Crippen LogP contribution in [0.25, 0.3) is 0 Å². The molecule has 3 N–H and O–H groups in total. The van der Waals surface area contributed by atoms with Gasteiger partial charge in [-0.2, -0.15) is 13.5 Å². The minimum Gasteiger partial charge on any atom is -0.381 e. The number of likely N-dealkylation sites (N-methyl/N-ethyl adjacent to an activating group) is 1. The first-order valence-electron chi connectivity index (χ1n) is 10.6. The van der Waals surface area contributed by atoms with Crippen molar-refractivity contribution in [1.29, 1.82) is 0 Å². The first kappa shape index (κ1) is 20.5. The lowest BCUT2D eigenvalue weighted by molar-refractivity contribution is -0.0972. The van der Waals surface area contributed by atoms with Crippen LogP contribution >= 0.6 is 0 Å². The van der Waals surface area contributed by atoms with Crippen LogP contribution in [0.4, 0.5) is 10.5 Å². The molecule has 2 aliphatic carbocycles. The number of nitrogens with zero attached hydrogens (tertiary/aromatic N) is 3. The maximum atomic E-state index is 12.8. The van der Waals surface area contributed by atoms with E-state index in [1.807, 2.05) is 11.9 Å². The lowest BCUT2D eigenvalue weighted by Gasteiger charge is -2.44. The molecule has 1 aliphatic heterocycles. The van der Waals surface area contributed by atoms with Crippen molar-refractivity contribution in [2.75, 3.05) is 25.5 Å². The van der Waals surface area contributed by atoms with Crippen molar-refractivity contribution < 1.29 is 18.3 Å². The number of anilines is 1. The predicted octanol–water partition coefficient (Wildman–Crippen LogP) is 1.04. The molecule has 0 bridgehead atoms. The molecule has 9 nitrogen and oxygen atoms in total. The molecule has 1 fully saturated rings. The molecule has 166 valence electrons. The molecule has 1 aromatic heterocycles. The maximum Gasteiger partial charge on any atom is 0.333 e. The Morgan fingerprint density at radius 1 is 1.06 bits per heavy atom. The van der Waals surface area contributed by atoms with Gasteiger partial charge in [0.05, 0.1) is 5.69 Å². The Morgan fingerprint density at radius 2 is 1.68 bits per heavy atom. The van der Waals surface area contributed by atoms with Crippen LogP contribution in [0.15, 0.2) is 17.2 Å². The Kier molecular flexibility index (Phi) is 4.65. The highest BCUT2D eigenvalue weighted by molar-refractivity contribution is 7.90. The molecule has 1 saturated heterocycles. The van der Waals surface area contributed by atoms with E-state index in [4.69, 9.17) is 0 Å². The van der Waals surface area contributed by atoms with Crippen LogP contribution in [-0.4, -0.2) is 54.4 Å². The molecule has 5 rings (SSSR count). The third-order valence-corrected chi connectivity index (χ3v) is 7.82. The van der Waals surface area contributed by atoms with Gasteiger partial charge < -0.3 is 10.4 Å². The summed E-state index contributed by atoms with van der Waals surface area (Å²) in [5, 5.41) is 17.3. The molecule has 2 heterocycles. The monoisotopic (exact) mass is 445 g/mol. The summed E-state index contributed by atoms with van der Waals surface area (Å²) >= 11 is 0.